The fraction of sp³-hybridized carbons (Fsp3) is 0.229. The Morgan fingerprint density at radius 3 is 2.14 bits per heavy atom. The van der Waals surface area contributed by atoms with Gasteiger partial charge < -0.3 is 14.5 Å². The van der Waals surface area contributed by atoms with Gasteiger partial charge in [0.2, 0.25) is 0 Å². The Labute approximate surface area is 295 Å². The number of ether oxygens (including phenoxy) is 1. The quantitative estimate of drug-likeness (QED) is 0.100. The summed E-state index contributed by atoms with van der Waals surface area (Å²) in [6.45, 7) is 2.05. The van der Waals surface area contributed by atoms with E-state index in [1.165, 1.54) is 6.07 Å². The fourth-order valence-corrected chi connectivity index (χ4v) is 9.09. The number of rotatable bonds is 15. The average Bonchev–Trinajstić information content (AvgIpc) is 3.11. The third-order valence-electron chi connectivity index (χ3n) is 8.21. The monoisotopic (exact) mass is 791 g/mol. The molecule has 5 aromatic rings. The first-order valence-electron chi connectivity index (χ1n) is 15.2. The molecule has 0 saturated carbocycles. The van der Waals surface area contributed by atoms with Crippen molar-refractivity contribution in [1.82, 2.24) is 4.98 Å². The minimum absolute atomic E-state index is 0.148. The number of fused-ring (bicyclic) bond motifs is 1. The molecule has 49 heavy (non-hydrogen) atoms. The van der Waals surface area contributed by atoms with E-state index < -0.39 is 27.0 Å². The summed E-state index contributed by atoms with van der Waals surface area (Å²) in [5.41, 5.74) is 4.64. The first-order chi connectivity index (χ1) is 23.4. The van der Waals surface area contributed by atoms with Gasteiger partial charge in [0, 0.05) is 28.5 Å². The third kappa shape index (κ3) is 8.59. The lowest BCUT2D eigenvalue weighted by atomic mass is 9.85. The normalized spacial score (nSPS) is 13.4. The first kappa shape index (κ1) is 37.5. The highest BCUT2D eigenvalue weighted by Crippen LogP contribution is 2.53. The van der Waals surface area contributed by atoms with Crippen LogP contribution in [-0.4, -0.2) is 21.9 Å². The highest BCUT2D eigenvalue weighted by molar-refractivity contribution is 9.10. The molecular formula is C35H34BrF2NO7P2S. The van der Waals surface area contributed by atoms with Crippen molar-refractivity contribution in [3.8, 4) is 11.1 Å². The molecule has 2 N–H and O–H groups in total. The highest BCUT2D eigenvalue weighted by atomic mass is 79.9. The van der Waals surface area contributed by atoms with Crippen molar-refractivity contribution in [1.29, 1.82) is 0 Å². The molecule has 0 bridgehead atoms. The number of hydrogen-bond acceptors (Lipinski definition) is 7. The van der Waals surface area contributed by atoms with E-state index >= 15 is 0 Å². The standard InChI is InChI=1S/C35H34BrF2NO7P2S/c1-3-17-35(44-2,30-7-5-4-6-8-30)33-16-15-27-19-29(20-32(34(27)39-33)48(41,42)43)26-12-9-24(10-13-26)22-49-23-25-11-14-28(31(36)18-25)21-47(40,45-37)46-38/h4-16,18-20H,3,17,21-23H2,1-2H3,(H2,41,42,43). The molecule has 0 fully saturated rings. The van der Waals surface area contributed by atoms with E-state index in [0.717, 1.165) is 28.7 Å². The van der Waals surface area contributed by atoms with Crippen LogP contribution < -0.4 is 5.30 Å². The van der Waals surface area contributed by atoms with Crippen LogP contribution in [0.3, 0.4) is 0 Å². The molecule has 1 heterocycles. The largest absolute Gasteiger partial charge is 0.399 e. The number of pyridine rings is 1. The minimum atomic E-state index is -4.72. The van der Waals surface area contributed by atoms with Crippen LogP contribution in [0.15, 0.2) is 102 Å². The summed E-state index contributed by atoms with van der Waals surface area (Å²) in [7, 11) is -7.59. The van der Waals surface area contributed by atoms with Gasteiger partial charge in [0.05, 0.1) is 22.7 Å². The van der Waals surface area contributed by atoms with Crippen LogP contribution in [0.1, 0.15) is 47.7 Å². The van der Waals surface area contributed by atoms with Gasteiger partial charge in [-0.25, -0.2) is 4.98 Å². The van der Waals surface area contributed by atoms with Gasteiger partial charge in [-0.1, -0.05) is 102 Å². The highest BCUT2D eigenvalue weighted by Gasteiger charge is 2.36. The molecule has 0 aliphatic heterocycles. The van der Waals surface area contributed by atoms with Crippen molar-refractivity contribution >= 4 is 59.1 Å². The van der Waals surface area contributed by atoms with Gasteiger partial charge in [0.1, 0.15) is 5.60 Å². The number of benzene rings is 4. The summed E-state index contributed by atoms with van der Waals surface area (Å²) in [5, 5.41) is 0.452. The lowest BCUT2D eigenvalue weighted by Gasteiger charge is -2.33. The number of thioether (sulfide) groups is 1. The van der Waals surface area contributed by atoms with Crippen molar-refractivity contribution in [2.24, 2.45) is 0 Å². The molecule has 4 aromatic carbocycles. The molecule has 1 atom stereocenters. The first-order valence-corrected chi connectivity index (χ1v) is 20.5. The maximum Gasteiger partial charge on any atom is 0.399 e. The van der Waals surface area contributed by atoms with Crippen molar-refractivity contribution in [2.45, 2.75) is 43.0 Å². The predicted octanol–water partition coefficient (Wildman–Crippen LogP) is 10.1. The summed E-state index contributed by atoms with van der Waals surface area (Å²) in [6, 6.07) is 29.7. The lowest BCUT2D eigenvalue weighted by Crippen LogP contribution is -2.31. The van der Waals surface area contributed by atoms with Crippen molar-refractivity contribution < 1.29 is 42.2 Å². The Balaban J connectivity index is 1.36. The predicted molar refractivity (Wildman–Crippen MR) is 193 cm³/mol. The second-order valence-corrected chi connectivity index (χ2v) is 16.7. The van der Waals surface area contributed by atoms with E-state index in [0.29, 0.717) is 44.6 Å². The van der Waals surface area contributed by atoms with Crippen LogP contribution in [0.2, 0.25) is 0 Å². The van der Waals surface area contributed by atoms with Crippen LogP contribution in [0.5, 0.6) is 0 Å². The number of methoxy groups -OCH3 is 1. The molecule has 1 unspecified atom stereocenters. The molecule has 0 saturated heterocycles. The maximum absolute atomic E-state index is 12.8. The van der Waals surface area contributed by atoms with E-state index in [4.69, 9.17) is 9.72 Å². The van der Waals surface area contributed by atoms with Crippen LogP contribution >= 0.6 is 42.9 Å². The molecule has 1 aromatic heterocycles. The number of aromatic nitrogens is 1. The number of hydrogen-bond donors (Lipinski definition) is 2. The Bertz CT molecular complexity index is 2010. The second-order valence-electron chi connectivity index (χ2n) is 11.5. The van der Waals surface area contributed by atoms with Crippen molar-refractivity contribution in [3.63, 3.8) is 0 Å². The van der Waals surface area contributed by atoms with E-state index in [-0.39, 0.29) is 10.8 Å². The van der Waals surface area contributed by atoms with E-state index in [1.54, 1.807) is 37.1 Å². The summed E-state index contributed by atoms with van der Waals surface area (Å²) in [5.74, 6) is 1.31. The third-order valence-corrected chi connectivity index (χ3v) is 12.1. The van der Waals surface area contributed by atoms with Crippen molar-refractivity contribution in [2.75, 3.05) is 7.11 Å². The SMILES string of the molecule is CCCC(OC)(c1ccccc1)c1ccc2cc(-c3ccc(CSCc4ccc(CP(=O)(OF)OF)c(Br)c4)cc3)cc(P(=O)(O)O)c2n1. The summed E-state index contributed by atoms with van der Waals surface area (Å²) >= 11 is 4.99. The Morgan fingerprint density at radius 1 is 0.857 bits per heavy atom. The van der Waals surface area contributed by atoms with E-state index in [1.807, 2.05) is 72.8 Å². The van der Waals surface area contributed by atoms with E-state index in [2.05, 4.69) is 32.3 Å². The Morgan fingerprint density at radius 2 is 1.53 bits per heavy atom. The molecule has 0 amide bonds. The Hall–Kier alpha value is -2.76. The van der Waals surface area contributed by atoms with Gasteiger partial charge in [-0.15, -0.1) is 9.46 Å². The summed E-state index contributed by atoms with van der Waals surface area (Å²) in [6.07, 6.45) is 0.865. The Kier molecular flexibility index (Phi) is 12.3. The zero-order valence-electron chi connectivity index (χ0n) is 26.6. The zero-order chi connectivity index (χ0) is 35.2. The molecule has 0 spiro atoms. The van der Waals surface area contributed by atoms with Gasteiger partial charge in [0.25, 0.3) is 0 Å². The molecule has 5 rings (SSSR count). The number of nitrogens with zero attached hydrogens (tertiary/aromatic N) is 1. The van der Waals surface area contributed by atoms with Gasteiger partial charge in [0.15, 0.2) is 0 Å². The maximum atomic E-state index is 12.8. The summed E-state index contributed by atoms with van der Waals surface area (Å²) in [4.78, 5) is 25.7. The topological polar surface area (TPSA) is 115 Å². The van der Waals surface area contributed by atoms with Crippen LogP contribution in [-0.2, 0) is 46.6 Å². The van der Waals surface area contributed by atoms with Crippen LogP contribution in [0, 0.1) is 0 Å². The lowest BCUT2D eigenvalue weighted by molar-refractivity contribution is -0.0881. The summed E-state index contributed by atoms with van der Waals surface area (Å²) < 4.78 is 62.6. The molecule has 258 valence electrons. The van der Waals surface area contributed by atoms with Gasteiger partial charge >= 0.3 is 15.2 Å². The number of halogens is 3. The van der Waals surface area contributed by atoms with Gasteiger partial charge in [-0.3, -0.25) is 9.13 Å². The molecule has 14 heteroatoms. The fourth-order valence-electron chi connectivity index (χ4n) is 5.79. The van der Waals surface area contributed by atoms with Crippen molar-refractivity contribution in [3.05, 3.63) is 129 Å². The zero-order valence-corrected chi connectivity index (χ0v) is 30.8. The minimum Gasteiger partial charge on any atom is -0.367 e. The molecule has 0 radical (unpaired) electrons. The molecule has 0 aliphatic carbocycles. The van der Waals surface area contributed by atoms with Crippen LogP contribution in [0.25, 0.3) is 22.0 Å². The van der Waals surface area contributed by atoms with Crippen LogP contribution in [0.4, 0.5) is 9.05 Å². The van der Waals surface area contributed by atoms with Gasteiger partial charge in [-0.05, 0) is 73.1 Å². The van der Waals surface area contributed by atoms with E-state index in [9.17, 15) is 28.0 Å². The second kappa shape index (κ2) is 16.1. The molecular weight excluding hydrogens is 758 g/mol. The molecule has 8 nitrogen and oxygen atoms in total. The molecule has 0 aliphatic rings. The smallest absolute Gasteiger partial charge is 0.367 e. The average molecular weight is 793 g/mol. The van der Waals surface area contributed by atoms with Gasteiger partial charge in [-0.2, -0.15) is 11.8 Å².